The van der Waals surface area contributed by atoms with Gasteiger partial charge >= 0.3 is 0 Å². The number of ether oxygens (including phenoxy) is 1. The van der Waals surface area contributed by atoms with Crippen LogP contribution < -0.4 is 10.2 Å². The van der Waals surface area contributed by atoms with E-state index in [-0.39, 0.29) is 5.91 Å². The lowest BCUT2D eigenvalue weighted by atomic mass is 10.2. The summed E-state index contributed by atoms with van der Waals surface area (Å²) in [6, 6.07) is 0. The summed E-state index contributed by atoms with van der Waals surface area (Å²) in [4.78, 5) is 23.3. The van der Waals surface area contributed by atoms with Crippen LogP contribution in [0.3, 0.4) is 0 Å². The number of hydrogen-bond donors (Lipinski definition) is 1. The van der Waals surface area contributed by atoms with Crippen molar-refractivity contribution in [3.05, 3.63) is 6.20 Å². The molecule has 1 aliphatic heterocycles. The zero-order valence-electron chi connectivity index (χ0n) is 15.4. The maximum absolute atomic E-state index is 11.8. The molecule has 1 fully saturated rings. The Bertz CT molecular complexity index is 744. The highest BCUT2D eigenvalue weighted by atomic mass is 32.2. The third-order valence-corrected chi connectivity index (χ3v) is 4.90. The van der Waals surface area contributed by atoms with Crippen molar-refractivity contribution in [2.75, 3.05) is 44.0 Å². The summed E-state index contributed by atoms with van der Waals surface area (Å²) in [7, 11) is 0. The minimum absolute atomic E-state index is 0.0942. The van der Waals surface area contributed by atoms with Crippen molar-refractivity contribution in [1.82, 2.24) is 25.1 Å². The largest absolute Gasteiger partial charge is 0.378 e. The summed E-state index contributed by atoms with van der Waals surface area (Å²) in [5.41, 5.74) is 0.814. The molecule has 9 heteroatoms. The Kier molecular flexibility index (Phi) is 6.67. The lowest BCUT2D eigenvalue weighted by molar-refractivity contribution is -0.121. The maximum atomic E-state index is 11.8. The van der Waals surface area contributed by atoms with E-state index in [9.17, 15) is 4.79 Å². The van der Waals surface area contributed by atoms with Crippen LogP contribution in [0.4, 0.5) is 5.82 Å². The SMILES string of the molecule is CCCCC(=O)NCCn1ncc2c(N3CCOCC3)nc(SC)nc21. The van der Waals surface area contributed by atoms with E-state index in [2.05, 4.69) is 27.2 Å². The Morgan fingerprint density at radius 1 is 1.35 bits per heavy atom. The minimum Gasteiger partial charge on any atom is -0.378 e. The first-order chi connectivity index (χ1) is 12.7. The third-order valence-electron chi connectivity index (χ3n) is 4.35. The van der Waals surface area contributed by atoms with Crippen molar-refractivity contribution >= 4 is 34.5 Å². The van der Waals surface area contributed by atoms with Gasteiger partial charge in [0, 0.05) is 26.1 Å². The molecule has 0 radical (unpaired) electrons. The van der Waals surface area contributed by atoms with Gasteiger partial charge in [-0.1, -0.05) is 25.1 Å². The summed E-state index contributed by atoms with van der Waals surface area (Å²) >= 11 is 1.52. The van der Waals surface area contributed by atoms with Crippen LogP contribution in [-0.2, 0) is 16.1 Å². The normalized spacial score (nSPS) is 14.8. The first kappa shape index (κ1) is 18.9. The number of carbonyl (C=O) groups excluding carboxylic acids is 1. The number of morpholine rings is 1. The Hall–Kier alpha value is -1.87. The molecule has 0 aliphatic carbocycles. The molecule has 2 aromatic heterocycles. The zero-order chi connectivity index (χ0) is 18.4. The van der Waals surface area contributed by atoms with Crippen LogP contribution in [0.5, 0.6) is 0 Å². The first-order valence-electron chi connectivity index (χ1n) is 9.10. The van der Waals surface area contributed by atoms with Crippen molar-refractivity contribution in [2.45, 2.75) is 37.9 Å². The van der Waals surface area contributed by atoms with Crippen molar-refractivity contribution in [2.24, 2.45) is 0 Å². The molecule has 1 N–H and O–H groups in total. The van der Waals surface area contributed by atoms with E-state index in [1.165, 1.54) is 11.8 Å². The Morgan fingerprint density at radius 3 is 2.88 bits per heavy atom. The molecule has 142 valence electrons. The molecule has 0 bridgehead atoms. The lowest BCUT2D eigenvalue weighted by Gasteiger charge is -2.28. The molecule has 0 spiro atoms. The van der Waals surface area contributed by atoms with E-state index < -0.39 is 0 Å². The molecule has 0 unspecified atom stereocenters. The molecule has 3 rings (SSSR count). The zero-order valence-corrected chi connectivity index (χ0v) is 16.2. The van der Waals surface area contributed by atoms with Crippen LogP contribution in [0.1, 0.15) is 26.2 Å². The summed E-state index contributed by atoms with van der Waals surface area (Å²) in [5.74, 6) is 1.01. The van der Waals surface area contributed by atoms with Gasteiger partial charge in [-0.3, -0.25) is 4.79 Å². The Labute approximate surface area is 157 Å². The molecule has 1 aliphatic rings. The van der Waals surface area contributed by atoms with Crippen LogP contribution in [0.25, 0.3) is 11.0 Å². The monoisotopic (exact) mass is 378 g/mol. The van der Waals surface area contributed by atoms with Gasteiger partial charge in [-0.05, 0) is 12.7 Å². The van der Waals surface area contributed by atoms with E-state index in [0.29, 0.717) is 32.7 Å². The van der Waals surface area contributed by atoms with Gasteiger partial charge in [0.05, 0.1) is 31.3 Å². The minimum atomic E-state index is 0.0942. The van der Waals surface area contributed by atoms with Gasteiger partial charge < -0.3 is 15.0 Å². The average Bonchev–Trinajstić information content (AvgIpc) is 3.09. The average molecular weight is 379 g/mol. The van der Waals surface area contributed by atoms with Gasteiger partial charge in [0.15, 0.2) is 10.8 Å². The second-order valence-corrected chi connectivity index (χ2v) is 6.97. The van der Waals surface area contributed by atoms with E-state index >= 15 is 0 Å². The number of nitrogens with zero attached hydrogens (tertiary/aromatic N) is 5. The van der Waals surface area contributed by atoms with Gasteiger partial charge in [-0.2, -0.15) is 5.10 Å². The summed E-state index contributed by atoms with van der Waals surface area (Å²) in [6.45, 7) is 6.27. The smallest absolute Gasteiger partial charge is 0.220 e. The fourth-order valence-electron chi connectivity index (χ4n) is 2.92. The predicted octanol–water partition coefficient (Wildman–Crippen LogP) is 1.69. The molecule has 26 heavy (non-hydrogen) atoms. The molecule has 0 atom stereocenters. The molecular formula is C17H26N6O2S. The quantitative estimate of drug-likeness (QED) is 0.553. The fourth-order valence-corrected chi connectivity index (χ4v) is 3.27. The number of carbonyl (C=O) groups is 1. The van der Waals surface area contributed by atoms with Crippen molar-refractivity contribution in [1.29, 1.82) is 0 Å². The molecule has 3 heterocycles. The number of hydrogen-bond acceptors (Lipinski definition) is 7. The number of aromatic nitrogens is 4. The van der Waals surface area contributed by atoms with Gasteiger partial charge in [0.1, 0.15) is 5.82 Å². The molecule has 0 aromatic carbocycles. The highest BCUT2D eigenvalue weighted by Crippen LogP contribution is 2.27. The van der Waals surface area contributed by atoms with Crippen LogP contribution in [0.15, 0.2) is 11.4 Å². The van der Waals surface area contributed by atoms with E-state index in [1.54, 1.807) is 0 Å². The van der Waals surface area contributed by atoms with Crippen molar-refractivity contribution in [3.8, 4) is 0 Å². The van der Waals surface area contributed by atoms with E-state index in [1.807, 2.05) is 17.1 Å². The highest BCUT2D eigenvalue weighted by molar-refractivity contribution is 7.98. The highest BCUT2D eigenvalue weighted by Gasteiger charge is 2.19. The summed E-state index contributed by atoms with van der Waals surface area (Å²) < 4.78 is 7.30. The van der Waals surface area contributed by atoms with Crippen LogP contribution in [-0.4, -0.2) is 64.8 Å². The fraction of sp³-hybridized carbons (Fsp3) is 0.647. The molecule has 1 amide bonds. The van der Waals surface area contributed by atoms with Crippen molar-refractivity contribution < 1.29 is 9.53 Å². The maximum Gasteiger partial charge on any atom is 0.220 e. The van der Waals surface area contributed by atoms with Gasteiger partial charge in [0.25, 0.3) is 0 Å². The Morgan fingerprint density at radius 2 is 2.15 bits per heavy atom. The summed E-state index contributed by atoms with van der Waals surface area (Å²) in [5, 5.41) is 9.11. The second-order valence-electron chi connectivity index (χ2n) is 6.19. The molecule has 0 saturated carbocycles. The third kappa shape index (κ3) is 4.45. The van der Waals surface area contributed by atoms with Crippen LogP contribution >= 0.6 is 11.8 Å². The number of rotatable bonds is 8. The first-order valence-corrected chi connectivity index (χ1v) is 10.3. The van der Waals surface area contributed by atoms with Gasteiger partial charge in [-0.15, -0.1) is 0 Å². The topological polar surface area (TPSA) is 85.2 Å². The molecular weight excluding hydrogens is 352 g/mol. The van der Waals surface area contributed by atoms with Gasteiger partial charge in [0.2, 0.25) is 5.91 Å². The van der Waals surface area contributed by atoms with Crippen LogP contribution in [0, 0.1) is 0 Å². The van der Waals surface area contributed by atoms with E-state index in [4.69, 9.17) is 9.72 Å². The number of nitrogens with one attached hydrogen (secondary N) is 1. The number of anilines is 1. The standard InChI is InChI=1S/C17H26N6O2S/c1-3-4-5-14(24)18-6-7-23-16-13(12-19-23)15(20-17(21-16)26-2)22-8-10-25-11-9-22/h12H,3-11H2,1-2H3,(H,18,24). The molecule has 8 nitrogen and oxygen atoms in total. The molecule has 2 aromatic rings. The predicted molar refractivity (Wildman–Crippen MR) is 103 cm³/mol. The van der Waals surface area contributed by atoms with Gasteiger partial charge in [-0.25, -0.2) is 14.6 Å². The molecule has 1 saturated heterocycles. The van der Waals surface area contributed by atoms with E-state index in [0.717, 1.165) is 47.9 Å². The number of fused-ring (bicyclic) bond motifs is 1. The van der Waals surface area contributed by atoms with Crippen LogP contribution in [0.2, 0.25) is 0 Å². The Balaban J connectivity index is 1.76. The second kappa shape index (κ2) is 9.18. The number of thioether (sulfide) groups is 1. The number of unbranched alkanes of at least 4 members (excludes halogenated alkanes) is 1. The number of amides is 1. The summed E-state index contributed by atoms with van der Waals surface area (Å²) in [6.07, 6.45) is 6.32. The lowest BCUT2D eigenvalue weighted by Crippen LogP contribution is -2.37. The van der Waals surface area contributed by atoms with Crippen molar-refractivity contribution in [3.63, 3.8) is 0 Å².